The first-order valence-electron chi connectivity index (χ1n) is 7.98. The molecule has 1 unspecified atom stereocenters. The first-order chi connectivity index (χ1) is 12.0. The molecule has 1 aromatic carbocycles. The summed E-state index contributed by atoms with van der Waals surface area (Å²) in [5.74, 6) is 1.66. The molecule has 0 saturated heterocycles. The maximum Gasteiger partial charge on any atom is 0.319 e. The zero-order valence-corrected chi connectivity index (χ0v) is 14.9. The number of urea groups is 1. The van der Waals surface area contributed by atoms with E-state index in [0.717, 1.165) is 5.75 Å². The number of nitrogens with zero attached hydrogens (tertiary/aromatic N) is 2. The summed E-state index contributed by atoms with van der Waals surface area (Å²) in [6, 6.07) is 10.5. The molecular formula is C18H24N4O3. The van der Waals surface area contributed by atoms with Crippen molar-refractivity contribution in [1.29, 1.82) is 0 Å². The lowest BCUT2D eigenvalue weighted by Crippen LogP contribution is -2.40. The Labute approximate surface area is 148 Å². The molecule has 7 heteroatoms. The van der Waals surface area contributed by atoms with Crippen LogP contribution in [0.1, 0.15) is 6.92 Å². The van der Waals surface area contributed by atoms with Crippen molar-refractivity contribution in [2.24, 2.45) is 0 Å². The SMILES string of the molecule is COc1ccc(Oc2ncccc2NC(=O)NCC(C)N(C)C)cc1. The van der Waals surface area contributed by atoms with E-state index in [1.165, 1.54) is 0 Å². The van der Waals surface area contributed by atoms with Gasteiger partial charge in [0.15, 0.2) is 0 Å². The van der Waals surface area contributed by atoms with Crippen LogP contribution in [0.5, 0.6) is 17.4 Å². The fraction of sp³-hybridized carbons (Fsp3) is 0.333. The second kappa shape index (κ2) is 8.89. The van der Waals surface area contributed by atoms with Gasteiger partial charge in [0.1, 0.15) is 17.2 Å². The van der Waals surface area contributed by atoms with Gasteiger partial charge in [-0.2, -0.15) is 0 Å². The van der Waals surface area contributed by atoms with Crippen molar-refractivity contribution in [3.63, 3.8) is 0 Å². The Morgan fingerprint density at radius 3 is 2.52 bits per heavy atom. The highest BCUT2D eigenvalue weighted by Crippen LogP contribution is 2.27. The third kappa shape index (κ3) is 5.65. The summed E-state index contributed by atoms with van der Waals surface area (Å²) in [4.78, 5) is 18.3. The molecule has 2 amide bonds. The van der Waals surface area contributed by atoms with Crippen LogP contribution < -0.4 is 20.1 Å². The highest BCUT2D eigenvalue weighted by atomic mass is 16.5. The van der Waals surface area contributed by atoms with Gasteiger partial charge in [-0.3, -0.25) is 0 Å². The third-order valence-corrected chi connectivity index (χ3v) is 3.73. The van der Waals surface area contributed by atoms with Crippen LogP contribution in [0.15, 0.2) is 42.6 Å². The van der Waals surface area contributed by atoms with Crippen LogP contribution in [0.3, 0.4) is 0 Å². The smallest absolute Gasteiger partial charge is 0.319 e. The minimum absolute atomic E-state index is 0.231. The topological polar surface area (TPSA) is 75.7 Å². The molecule has 2 aromatic rings. The summed E-state index contributed by atoms with van der Waals surface area (Å²) < 4.78 is 10.9. The summed E-state index contributed by atoms with van der Waals surface area (Å²) in [7, 11) is 5.53. The maximum atomic E-state index is 12.1. The summed E-state index contributed by atoms with van der Waals surface area (Å²) in [5.41, 5.74) is 0.494. The number of carbonyl (C=O) groups is 1. The molecule has 134 valence electrons. The van der Waals surface area contributed by atoms with Crippen LogP contribution in [0.4, 0.5) is 10.5 Å². The quantitative estimate of drug-likeness (QED) is 0.808. The van der Waals surface area contributed by atoms with Crippen LogP contribution in [-0.4, -0.2) is 49.7 Å². The predicted molar refractivity (Wildman–Crippen MR) is 97.5 cm³/mol. The van der Waals surface area contributed by atoms with Gasteiger partial charge in [0, 0.05) is 18.8 Å². The minimum Gasteiger partial charge on any atom is -0.497 e. The first kappa shape index (κ1) is 18.5. The van der Waals surface area contributed by atoms with Gasteiger partial charge in [0.25, 0.3) is 0 Å². The number of hydrogen-bond donors (Lipinski definition) is 2. The predicted octanol–water partition coefficient (Wildman–Crippen LogP) is 2.95. The van der Waals surface area contributed by atoms with E-state index in [1.807, 2.05) is 25.9 Å². The molecule has 0 saturated carbocycles. The third-order valence-electron chi connectivity index (χ3n) is 3.73. The van der Waals surface area contributed by atoms with Crippen LogP contribution in [0.25, 0.3) is 0 Å². The number of pyridine rings is 1. The van der Waals surface area contributed by atoms with E-state index in [1.54, 1.807) is 49.7 Å². The number of methoxy groups -OCH3 is 1. The molecule has 0 fully saturated rings. The van der Waals surface area contributed by atoms with Gasteiger partial charge in [-0.15, -0.1) is 0 Å². The fourth-order valence-electron chi connectivity index (χ4n) is 1.91. The molecule has 7 nitrogen and oxygen atoms in total. The normalized spacial score (nSPS) is 11.7. The van der Waals surface area contributed by atoms with Crippen LogP contribution >= 0.6 is 0 Å². The number of hydrogen-bond acceptors (Lipinski definition) is 5. The minimum atomic E-state index is -0.304. The number of ether oxygens (including phenoxy) is 2. The monoisotopic (exact) mass is 344 g/mol. The Kier molecular flexibility index (Phi) is 6.59. The molecule has 0 aliphatic rings. The summed E-state index contributed by atoms with van der Waals surface area (Å²) >= 11 is 0. The highest BCUT2D eigenvalue weighted by molar-refractivity contribution is 5.90. The first-order valence-corrected chi connectivity index (χ1v) is 7.98. The lowest BCUT2D eigenvalue weighted by atomic mass is 10.3. The molecule has 0 radical (unpaired) electrons. The van der Waals surface area contributed by atoms with Gasteiger partial charge in [0.05, 0.1) is 7.11 Å². The zero-order valence-electron chi connectivity index (χ0n) is 14.9. The van der Waals surface area contributed by atoms with E-state index >= 15 is 0 Å². The molecule has 0 aliphatic heterocycles. The van der Waals surface area contributed by atoms with Crippen molar-refractivity contribution in [3.05, 3.63) is 42.6 Å². The standard InChI is InChI=1S/C18H24N4O3/c1-13(22(2)3)12-20-18(23)21-16-6-5-11-19-17(16)25-15-9-7-14(24-4)8-10-15/h5-11,13H,12H2,1-4H3,(H2,20,21,23). The van der Waals surface area contributed by atoms with E-state index in [9.17, 15) is 4.79 Å². The lowest BCUT2D eigenvalue weighted by Gasteiger charge is -2.20. The Hall–Kier alpha value is -2.80. The van der Waals surface area contributed by atoms with Crippen molar-refractivity contribution in [2.75, 3.05) is 33.1 Å². The molecule has 1 atom stereocenters. The van der Waals surface area contributed by atoms with Crippen molar-refractivity contribution in [1.82, 2.24) is 15.2 Å². The number of anilines is 1. The van der Waals surface area contributed by atoms with Crippen LogP contribution in [0.2, 0.25) is 0 Å². The average Bonchev–Trinajstić information content (AvgIpc) is 2.62. The number of carbonyl (C=O) groups excluding carboxylic acids is 1. The summed E-state index contributed by atoms with van der Waals surface area (Å²) in [5, 5.41) is 5.59. The fourth-order valence-corrected chi connectivity index (χ4v) is 1.91. The van der Waals surface area contributed by atoms with Crippen LogP contribution in [0, 0.1) is 0 Å². The number of amides is 2. The molecule has 1 aromatic heterocycles. The molecule has 25 heavy (non-hydrogen) atoms. The van der Waals surface area contributed by atoms with E-state index < -0.39 is 0 Å². The van der Waals surface area contributed by atoms with Crippen molar-refractivity contribution < 1.29 is 14.3 Å². The number of rotatable bonds is 7. The Bertz CT molecular complexity index is 689. The maximum absolute atomic E-state index is 12.1. The average molecular weight is 344 g/mol. The summed E-state index contributed by atoms with van der Waals surface area (Å²) in [6.45, 7) is 2.57. The van der Waals surface area contributed by atoms with Gasteiger partial charge >= 0.3 is 6.03 Å². The van der Waals surface area contributed by atoms with E-state index in [-0.39, 0.29) is 12.1 Å². The van der Waals surface area contributed by atoms with Gasteiger partial charge in [-0.25, -0.2) is 9.78 Å². The van der Waals surface area contributed by atoms with Gasteiger partial charge in [0.2, 0.25) is 5.88 Å². The molecule has 0 spiro atoms. The number of aromatic nitrogens is 1. The number of nitrogens with one attached hydrogen (secondary N) is 2. The number of likely N-dealkylation sites (N-methyl/N-ethyl adjacent to an activating group) is 1. The second-order valence-electron chi connectivity index (χ2n) is 5.78. The summed E-state index contributed by atoms with van der Waals surface area (Å²) in [6.07, 6.45) is 1.61. The van der Waals surface area contributed by atoms with Crippen molar-refractivity contribution >= 4 is 11.7 Å². The molecule has 0 aliphatic carbocycles. The largest absolute Gasteiger partial charge is 0.497 e. The Balaban J connectivity index is 2.00. The lowest BCUT2D eigenvalue weighted by molar-refractivity contribution is 0.245. The Morgan fingerprint density at radius 2 is 1.88 bits per heavy atom. The molecular weight excluding hydrogens is 320 g/mol. The van der Waals surface area contributed by atoms with Crippen molar-refractivity contribution in [2.45, 2.75) is 13.0 Å². The van der Waals surface area contributed by atoms with Crippen LogP contribution in [-0.2, 0) is 0 Å². The van der Waals surface area contributed by atoms with E-state index in [4.69, 9.17) is 9.47 Å². The van der Waals surface area contributed by atoms with Gasteiger partial charge < -0.3 is 25.0 Å². The van der Waals surface area contributed by atoms with E-state index in [0.29, 0.717) is 23.9 Å². The second-order valence-corrected chi connectivity index (χ2v) is 5.78. The van der Waals surface area contributed by atoms with Gasteiger partial charge in [-0.05, 0) is 57.4 Å². The van der Waals surface area contributed by atoms with Gasteiger partial charge in [-0.1, -0.05) is 0 Å². The number of benzene rings is 1. The highest BCUT2D eigenvalue weighted by Gasteiger charge is 2.11. The zero-order chi connectivity index (χ0) is 18.2. The molecule has 1 heterocycles. The molecule has 0 bridgehead atoms. The van der Waals surface area contributed by atoms with Crippen molar-refractivity contribution in [3.8, 4) is 17.4 Å². The van der Waals surface area contributed by atoms with E-state index in [2.05, 4.69) is 15.6 Å². The Morgan fingerprint density at radius 1 is 1.20 bits per heavy atom. The molecule has 2 N–H and O–H groups in total. The molecule has 2 rings (SSSR count).